The third kappa shape index (κ3) is 2.22. The summed E-state index contributed by atoms with van der Waals surface area (Å²) in [5, 5.41) is 5.27. The number of hydrogen-bond acceptors (Lipinski definition) is 4. The Morgan fingerprint density at radius 3 is 2.56 bits per heavy atom. The largest absolute Gasteiger partial charge is 0.326 e. The lowest BCUT2D eigenvalue weighted by atomic mass is 10.1. The maximum absolute atomic E-state index is 5.59. The molecule has 4 heteroatoms. The molecule has 2 heterocycles. The first-order valence-electron chi connectivity index (χ1n) is 5.65. The number of hydrogen-bond donors (Lipinski definition) is 1. The van der Waals surface area contributed by atoms with Gasteiger partial charge in [-0.3, -0.25) is 0 Å². The minimum absolute atomic E-state index is 0.581. The number of thiophene rings is 1. The van der Waals surface area contributed by atoms with Crippen LogP contribution in [0.25, 0.3) is 21.1 Å². The van der Waals surface area contributed by atoms with Crippen LogP contribution in [0.15, 0.2) is 47.2 Å². The monoisotopic (exact) mass is 272 g/mol. The van der Waals surface area contributed by atoms with Gasteiger partial charge in [-0.2, -0.15) is 0 Å². The predicted octanol–water partition coefficient (Wildman–Crippen LogP) is 4.00. The Balaban J connectivity index is 1.92. The van der Waals surface area contributed by atoms with Crippen molar-refractivity contribution in [3.63, 3.8) is 0 Å². The molecule has 3 rings (SSSR count). The van der Waals surface area contributed by atoms with Crippen LogP contribution in [-0.4, -0.2) is 4.98 Å². The Hall–Kier alpha value is -1.49. The van der Waals surface area contributed by atoms with Crippen LogP contribution in [0.5, 0.6) is 0 Å². The molecule has 2 nitrogen and oxygen atoms in total. The van der Waals surface area contributed by atoms with Gasteiger partial charge in [0.15, 0.2) is 0 Å². The van der Waals surface area contributed by atoms with Crippen molar-refractivity contribution in [3.05, 3.63) is 52.7 Å². The van der Waals surface area contributed by atoms with Gasteiger partial charge in [0.2, 0.25) is 0 Å². The molecule has 0 spiro atoms. The summed E-state index contributed by atoms with van der Waals surface area (Å²) in [6.45, 7) is 0.581. The molecule has 0 bridgehead atoms. The van der Waals surface area contributed by atoms with Crippen molar-refractivity contribution in [2.75, 3.05) is 0 Å². The number of rotatable bonds is 3. The summed E-state index contributed by atoms with van der Waals surface area (Å²) in [6, 6.07) is 12.4. The van der Waals surface area contributed by atoms with Crippen molar-refractivity contribution in [3.8, 4) is 21.1 Å². The number of benzene rings is 1. The lowest BCUT2D eigenvalue weighted by Crippen LogP contribution is -1.95. The second-order valence-corrected chi connectivity index (χ2v) is 5.72. The van der Waals surface area contributed by atoms with E-state index in [1.807, 2.05) is 0 Å². The first kappa shape index (κ1) is 11.6. The number of aromatic nitrogens is 1. The third-order valence-electron chi connectivity index (χ3n) is 2.72. The molecule has 0 aliphatic rings. The van der Waals surface area contributed by atoms with Gasteiger partial charge < -0.3 is 5.73 Å². The Kier molecular flexibility index (Phi) is 3.23. The van der Waals surface area contributed by atoms with Gasteiger partial charge in [0.1, 0.15) is 5.01 Å². The quantitative estimate of drug-likeness (QED) is 0.782. The number of nitrogens with two attached hydrogens (primary N) is 1. The van der Waals surface area contributed by atoms with Gasteiger partial charge in [-0.1, -0.05) is 30.3 Å². The van der Waals surface area contributed by atoms with Crippen molar-refractivity contribution < 1.29 is 0 Å². The normalized spacial score (nSPS) is 10.7. The predicted molar refractivity (Wildman–Crippen MR) is 78.8 cm³/mol. The van der Waals surface area contributed by atoms with Crippen LogP contribution in [-0.2, 0) is 6.54 Å². The van der Waals surface area contributed by atoms with Gasteiger partial charge in [-0.25, -0.2) is 4.98 Å². The zero-order chi connectivity index (χ0) is 12.4. The highest BCUT2D eigenvalue weighted by Crippen LogP contribution is 2.31. The van der Waals surface area contributed by atoms with Gasteiger partial charge >= 0.3 is 0 Å². The molecule has 3 aromatic rings. The van der Waals surface area contributed by atoms with E-state index < -0.39 is 0 Å². The molecule has 0 saturated heterocycles. The van der Waals surface area contributed by atoms with E-state index in [0.717, 1.165) is 21.8 Å². The van der Waals surface area contributed by atoms with Crippen LogP contribution >= 0.6 is 22.7 Å². The Bertz CT molecular complexity index is 624. The van der Waals surface area contributed by atoms with E-state index >= 15 is 0 Å². The SMILES string of the molecule is NCc1ccc(-c2csc(-c3cccs3)n2)cc1. The molecule has 2 aromatic heterocycles. The maximum atomic E-state index is 5.59. The molecule has 0 saturated carbocycles. The fourth-order valence-electron chi connectivity index (χ4n) is 1.73. The van der Waals surface area contributed by atoms with E-state index in [1.54, 1.807) is 22.7 Å². The zero-order valence-corrected chi connectivity index (χ0v) is 11.3. The second kappa shape index (κ2) is 5.02. The molecule has 0 unspecified atom stereocenters. The van der Waals surface area contributed by atoms with Crippen molar-refractivity contribution in [1.82, 2.24) is 4.98 Å². The molecule has 0 atom stereocenters. The van der Waals surface area contributed by atoms with E-state index in [4.69, 9.17) is 5.73 Å². The maximum Gasteiger partial charge on any atom is 0.134 e. The van der Waals surface area contributed by atoms with E-state index in [-0.39, 0.29) is 0 Å². The van der Waals surface area contributed by atoms with E-state index in [0.29, 0.717) is 6.54 Å². The first-order chi connectivity index (χ1) is 8.86. The highest BCUT2D eigenvalue weighted by atomic mass is 32.1. The topological polar surface area (TPSA) is 38.9 Å². The van der Waals surface area contributed by atoms with Crippen molar-refractivity contribution in [2.45, 2.75) is 6.54 Å². The molecule has 18 heavy (non-hydrogen) atoms. The molecule has 0 aliphatic heterocycles. The molecule has 0 fully saturated rings. The van der Waals surface area contributed by atoms with Crippen molar-refractivity contribution >= 4 is 22.7 Å². The minimum Gasteiger partial charge on any atom is -0.326 e. The van der Waals surface area contributed by atoms with Gasteiger partial charge in [0, 0.05) is 17.5 Å². The Morgan fingerprint density at radius 1 is 1.06 bits per heavy atom. The number of thiazole rings is 1. The van der Waals surface area contributed by atoms with E-state index in [1.165, 1.54) is 4.88 Å². The molecule has 1 aromatic carbocycles. The summed E-state index contributed by atoms with van der Waals surface area (Å²) in [7, 11) is 0. The van der Waals surface area contributed by atoms with Crippen molar-refractivity contribution in [1.29, 1.82) is 0 Å². The van der Waals surface area contributed by atoms with Crippen LogP contribution in [0.3, 0.4) is 0 Å². The highest BCUT2D eigenvalue weighted by molar-refractivity contribution is 7.20. The summed E-state index contributed by atoms with van der Waals surface area (Å²) in [5.41, 5.74) is 8.92. The van der Waals surface area contributed by atoms with E-state index in [2.05, 4.69) is 52.1 Å². The summed E-state index contributed by atoms with van der Waals surface area (Å²) in [5.74, 6) is 0. The summed E-state index contributed by atoms with van der Waals surface area (Å²) >= 11 is 3.41. The van der Waals surface area contributed by atoms with Gasteiger partial charge in [0.25, 0.3) is 0 Å². The average Bonchev–Trinajstić information content (AvgIpc) is 3.09. The summed E-state index contributed by atoms with van der Waals surface area (Å²) in [4.78, 5) is 5.90. The summed E-state index contributed by atoms with van der Waals surface area (Å²) < 4.78 is 0. The molecule has 0 aliphatic carbocycles. The molecule has 90 valence electrons. The van der Waals surface area contributed by atoms with Crippen LogP contribution < -0.4 is 5.73 Å². The van der Waals surface area contributed by atoms with Gasteiger partial charge in [-0.05, 0) is 17.0 Å². The Labute approximate surface area is 114 Å². The van der Waals surface area contributed by atoms with Crippen molar-refractivity contribution in [2.24, 2.45) is 5.73 Å². The molecule has 0 amide bonds. The van der Waals surface area contributed by atoms with Crippen LogP contribution in [0.2, 0.25) is 0 Å². The average molecular weight is 272 g/mol. The standard InChI is InChI=1S/C14H12N2S2/c15-8-10-3-5-11(6-4-10)12-9-18-14(16-12)13-2-1-7-17-13/h1-7,9H,8,15H2. The van der Waals surface area contributed by atoms with Crippen LogP contribution in [0.4, 0.5) is 0 Å². The molecular weight excluding hydrogens is 260 g/mol. The lowest BCUT2D eigenvalue weighted by molar-refractivity contribution is 1.07. The van der Waals surface area contributed by atoms with E-state index in [9.17, 15) is 0 Å². The molecule has 0 radical (unpaired) electrons. The summed E-state index contributed by atoms with van der Waals surface area (Å²) in [6.07, 6.45) is 0. The first-order valence-corrected chi connectivity index (χ1v) is 7.41. The van der Waals surface area contributed by atoms with Crippen LogP contribution in [0, 0.1) is 0 Å². The molecular formula is C14H12N2S2. The second-order valence-electron chi connectivity index (χ2n) is 3.92. The van der Waals surface area contributed by atoms with Gasteiger partial charge in [-0.15, -0.1) is 22.7 Å². The zero-order valence-electron chi connectivity index (χ0n) is 9.67. The molecule has 2 N–H and O–H groups in total. The lowest BCUT2D eigenvalue weighted by Gasteiger charge is -1.99. The highest BCUT2D eigenvalue weighted by Gasteiger charge is 2.07. The fourth-order valence-corrected chi connectivity index (χ4v) is 3.37. The Morgan fingerprint density at radius 2 is 1.89 bits per heavy atom. The smallest absolute Gasteiger partial charge is 0.134 e. The fraction of sp³-hybridized carbons (Fsp3) is 0.0714. The number of nitrogens with zero attached hydrogens (tertiary/aromatic N) is 1. The van der Waals surface area contributed by atoms with Crippen LogP contribution in [0.1, 0.15) is 5.56 Å². The third-order valence-corrected chi connectivity index (χ3v) is 4.60. The minimum atomic E-state index is 0.581. The van der Waals surface area contributed by atoms with Gasteiger partial charge in [0.05, 0.1) is 10.6 Å².